The van der Waals surface area contributed by atoms with Crippen LogP contribution in [0.3, 0.4) is 0 Å². The highest BCUT2D eigenvalue weighted by Gasteiger charge is 2.39. The minimum Gasteiger partial charge on any atom is -0.368 e. The van der Waals surface area contributed by atoms with E-state index in [1.165, 1.54) is 17.5 Å². The summed E-state index contributed by atoms with van der Waals surface area (Å²) in [6, 6.07) is 8.77. The van der Waals surface area contributed by atoms with Crippen LogP contribution in [0.25, 0.3) is 0 Å². The molecule has 0 aliphatic carbocycles. The number of amides is 1. The predicted molar refractivity (Wildman–Crippen MR) is 61.8 cm³/mol. The molecule has 2 aliphatic rings. The molecule has 1 aromatic rings. The summed E-state index contributed by atoms with van der Waals surface area (Å²) in [7, 11) is 0. The molecule has 2 atom stereocenters. The molecule has 3 nitrogen and oxygen atoms in total. The summed E-state index contributed by atoms with van der Waals surface area (Å²) in [6.45, 7) is 1.01. The number of carbonyl (C=O) groups is 1. The van der Waals surface area contributed by atoms with E-state index in [9.17, 15) is 4.79 Å². The summed E-state index contributed by atoms with van der Waals surface area (Å²) in [5, 5.41) is 0. The molecule has 2 unspecified atom stereocenters. The highest BCUT2D eigenvalue weighted by molar-refractivity contribution is 5.80. The molecule has 0 aromatic heterocycles. The summed E-state index contributed by atoms with van der Waals surface area (Å²) in [5.41, 5.74) is 8.20. The molecule has 2 aliphatic heterocycles. The van der Waals surface area contributed by atoms with E-state index in [0.717, 1.165) is 19.4 Å². The summed E-state index contributed by atoms with van der Waals surface area (Å²) in [5.74, 6) is -0.179. The number of nitrogens with two attached hydrogens (primary N) is 1. The van der Waals surface area contributed by atoms with Gasteiger partial charge in [-0.2, -0.15) is 0 Å². The number of nitrogens with zero attached hydrogens (tertiary/aromatic N) is 1. The van der Waals surface area contributed by atoms with Gasteiger partial charge in [-0.3, -0.25) is 9.69 Å². The predicted octanol–water partition coefficient (Wildman–Crippen LogP) is 1.23. The van der Waals surface area contributed by atoms with Crippen molar-refractivity contribution < 1.29 is 4.79 Å². The first-order chi connectivity index (χ1) is 7.77. The topological polar surface area (TPSA) is 46.3 Å². The van der Waals surface area contributed by atoms with Crippen molar-refractivity contribution in [2.24, 2.45) is 5.73 Å². The molecule has 1 saturated heterocycles. The van der Waals surface area contributed by atoms with Gasteiger partial charge in [-0.1, -0.05) is 24.3 Å². The highest BCUT2D eigenvalue weighted by atomic mass is 16.1. The fourth-order valence-electron chi connectivity index (χ4n) is 3.13. The van der Waals surface area contributed by atoms with Crippen LogP contribution in [-0.4, -0.2) is 23.4 Å². The molecule has 0 spiro atoms. The second kappa shape index (κ2) is 3.59. The maximum absolute atomic E-state index is 11.5. The van der Waals surface area contributed by atoms with Gasteiger partial charge in [0.15, 0.2) is 0 Å². The van der Waals surface area contributed by atoms with Crippen LogP contribution in [0.15, 0.2) is 24.3 Å². The largest absolute Gasteiger partial charge is 0.368 e. The van der Waals surface area contributed by atoms with E-state index in [1.54, 1.807) is 0 Å². The Labute approximate surface area is 95.2 Å². The number of hydrogen-bond donors (Lipinski definition) is 1. The Bertz CT molecular complexity index is 430. The van der Waals surface area contributed by atoms with Crippen LogP contribution in [0.4, 0.5) is 0 Å². The first kappa shape index (κ1) is 9.85. The molecule has 3 rings (SSSR count). The number of hydrogen-bond acceptors (Lipinski definition) is 2. The smallest absolute Gasteiger partial charge is 0.235 e. The lowest BCUT2D eigenvalue weighted by molar-refractivity contribution is -0.124. The lowest BCUT2D eigenvalue weighted by atomic mass is 9.88. The van der Waals surface area contributed by atoms with Crippen molar-refractivity contribution in [2.75, 3.05) is 6.54 Å². The SMILES string of the molecule is NC(=O)C1Cc2ccccc2C2CCCN12. The van der Waals surface area contributed by atoms with E-state index in [-0.39, 0.29) is 11.9 Å². The van der Waals surface area contributed by atoms with E-state index < -0.39 is 0 Å². The molecule has 0 bridgehead atoms. The normalized spacial score (nSPS) is 28.5. The summed E-state index contributed by atoms with van der Waals surface area (Å²) >= 11 is 0. The Morgan fingerprint density at radius 3 is 3.00 bits per heavy atom. The molecule has 16 heavy (non-hydrogen) atoms. The molecule has 84 valence electrons. The van der Waals surface area contributed by atoms with E-state index in [1.807, 2.05) is 6.07 Å². The van der Waals surface area contributed by atoms with Gasteiger partial charge >= 0.3 is 0 Å². The van der Waals surface area contributed by atoms with Crippen molar-refractivity contribution in [1.29, 1.82) is 0 Å². The van der Waals surface area contributed by atoms with Gasteiger partial charge in [0.2, 0.25) is 5.91 Å². The van der Waals surface area contributed by atoms with Crippen molar-refractivity contribution in [3.8, 4) is 0 Å². The van der Waals surface area contributed by atoms with E-state index in [2.05, 4.69) is 23.1 Å². The zero-order valence-corrected chi connectivity index (χ0v) is 9.23. The highest BCUT2D eigenvalue weighted by Crippen LogP contribution is 2.39. The van der Waals surface area contributed by atoms with Crippen LogP contribution >= 0.6 is 0 Å². The third kappa shape index (κ3) is 1.35. The summed E-state index contributed by atoms with van der Waals surface area (Å²) in [4.78, 5) is 13.8. The molecule has 2 heterocycles. The fraction of sp³-hybridized carbons (Fsp3) is 0.462. The van der Waals surface area contributed by atoms with Crippen LogP contribution in [-0.2, 0) is 11.2 Å². The Balaban J connectivity index is 2.05. The second-order valence-corrected chi connectivity index (χ2v) is 4.72. The maximum atomic E-state index is 11.5. The number of fused-ring (bicyclic) bond motifs is 3. The summed E-state index contributed by atoms with van der Waals surface area (Å²) < 4.78 is 0. The molecule has 1 amide bonds. The zero-order chi connectivity index (χ0) is 11.1. The van der Waals surface area contributed by atoms with E-state index in [4.69, 9.17) is 5.73 Å². The number of rotatable bonds is 1. The molecule has 0 saturated carbocycles. The minimum atomic E-state index is -0.179. The van der Waals surface area contributed by atoms with Gasteiger partial charge in [0.1, 0.15) is 0 Å². The van der Waals surface area contributed by atoms with Gasteiger partial charge in [0.05, 0.1) is 6.04 Å². The van der Waals surface area contributed by atoms with Crippen LogP contribution < -0.4 is 5.73 Å². The fourth-order valence-corrected chi connectivity index (χ4v) is 3.13. The second-order valence-electron chi connectivity index (χ2n) is 4.72. The van der Waals surface area contributed by atoms with Crippen LogP contribution in [0, 0.1) is 0 Å². The van der Waals surface area contributed by atoms with Gasteiger partial charge in [-0.25, -0.2) is 0 Å². The lowest BCUT2D eigenvalue weighted by Crippen LogP contribution is -2.48. The first-order valence-electron chi connectivity index (χ1n) is 5.90. The van der Waals surface area contributed by atoms with Crippen LogP contribution in [0.5, 0.6) is 0 Å². The maximum Gasteiger partial charge on any atom is 0.235 e. The van der Waals surface area contributed by atoms with Crippen LogP contribution in [0.2, 0.25) is 0 Å². The van der Waals surface area contributed by atoms with Gasteiger partial charge in [0, 0.05) is 6.04 Å². The average Bonchev–Trinajstić information content (AvgIpc) is 2.76. The standard InChI is InChI=1S/C13H16N2O/c14-13(16)12-8-9-4-1-2-5-10(9)11-6-3-7-15(11)12/h1-2,4-5,11-12H,3,6-8H2,(H2,14,16). The molecule has 2 N–H and O–H groups in total. The zero-order valence-electron chi connectivity index (χ0n) is 9.23. The van der Waals surface area contributed by atoms with Crippen LogP contribution in [0.1, 0.15) is 30.0 Å². The Morgan fingerprint density at radius 1 is 1.38 bits per heavy atom. The molecule has 1 fully saturated rings. The monoisotopic (exact) mass is 216 g/mol. The van der Waals surface area contributed by atoms with Gasteiger partial charge < -0.3 is 5.73 Å². The third-order valence-electron chi connectivity index (χ3n) is 3.85. The van der Waals surface area contributed by atoms with Crippen molar-refractivity contribution in [2.45, 2.75) is 31.3 Å². The molecular weight excluding hydrogens is 200 g/mol. The molecule has 1 aromatic carbocycles. The van der Waals surface area contributed by atoms with Crippen molar-refractivity contribution >= 4 is 5.91 Å². The lowest BCUT2D eigenvalue weighted by Gasteiger charge is -2.37. The van der Waals surface area contributed by atoms with Gasteiger partial charge in [0.25, 0.3) is 0 Å². The number of benzene rings is 1. The third-order valence-corrected chi connectivity index (χ3v) is 3.85. The van der Waals surface area contributed by atoms with E-state index in [0.29, 0.717) is 6.04 Å². The number of carbonyl (C=O) groups excluding carboxylic acids is 1. The Kier molecular flexibility index (Phi) is 2.21. The minimum absolute atomic E-state index is 0.0950. The Morgan fingerprint density at radius 2 is 2.19 bits per heavy atom. The first-order valence-corrected chi connectivity index (χ1v) is 5.90. The van der Waals surface area contributed by atoms with Crippen molar-refractivity contribution in [3.05, 3.63) is 35.4 Å². The van der Waals surface area contributed by atoms with Crippen molar-refractivity contribution in [1.82, 2.24) is 4.90 Å². The van der Waals surface area contributed by atoms with Crippen molar-refractivity contribution in [3.63, 3.8) is 0 Å². The van der Waals surface area contributed by atoms with Gasteiger partial charge in [-0.15, -0.1) is 0 Å². The quantitative estimate of drug-likeness (QED) is 0.767. The van der Waals surface area contributed by atoms with E-state index >= 15 is 0 Å². The Hall–Kier alpha value is -1.35. The molecular formula is C13H16N2O. The van der Waals surface area contributed by atoms with Gasteiger partial charge in [-0.05, 0) is 36.9 Å². The molecule has 0 radical (unpaired) electrons. The average molecular weight is 216 g/mol. The summed E-state index contributed by atoms with van der Waals surface area (Å²) in [6.07, 6.45) is 3.10. The molecule has 3 heteroatoms. The number of primary amides is 1.